The Balaban J connectivity index is 1.62. The van der Waals surface area contributed by atoms with Crippen molar-refractivity contribution in [2.24, 2.45) is 28.4 Å². The van der Waals surface area contributed by atoms with Gasteiger partial charge in [0.25, 0.3) is 0 Å². The van der Waals surface area contributed by atoms with E-state index in [4.69, 9.17) is 5.73 Å². The molecule has 4 bridgehead atoms. The lowest BCUT2D eigenvalue weighted by Gasteiger charge is -2.61. The third kappa shape index (κ3) is 3.59. The summed E-state index contributed by atoms with van der Waals surface area (Å²) in [5.74, 6) is -0.507. The van der Waals surface area contributed by atoms with Crippen molar-refractivity contribution in [1.82, 2.24) is 4.31 Å². The van der Waals surface area contributed by atoms with Crippen molar-refractivity contribution in [2.75, 3.05) is 6.54 Å². The van der Waals surface area contributed by atoms with E-state index in [1.807, 2.05) is 0 Å². The normalized spacial score (nSPS) is 31.8. The van der Waals surface area contributed by atoms with Gasteiger partial charge in [0, 0.05) is 13.0 Å². The smallest absolute Gasteiger partial charge is 0.246 e. The van der Waals surface area contributed by atoms with E-state index in [0.29, 0.717) is 18.3 Å². The van der Waals surface area contributed by atoms with Gasteiger partial charge in [-0.3, -0.25) is 9.59 Å². The number of hydrogen-bond donors (Lipinski definition) is 1. The maximum atomic E-state index is 14.3. The van der Waals surface area contributed by atoms with E-state index < -0.39 is 31.7 Å². The minimum Gasteiger partial charge on any atom is -0.369 e. The van der Waals surface area contributed by atoms with E-state index in [0.717, 1.165) is 42.5 Å². The van der Waals surface area contributed by atoms with Crippen LogP contribution in [-0.4, -0.2) is 36.5 Å². The Bertz CT molecular complexity index is 1040. The fraction of sp³-hybridized carbons (Fsp3) is 0.667. The molecule has 4 saturated carbocycles. The Morgan fingerprint density at radius 3 is 2.28 bits per heavy atom. The highest BCUT2D eigenvalue weighted by atomic mass is 32.2. The Labute approximate surface area is 189 Å². The van der Waals surface area contributed by atoms with Crippen LogP contribution < -0.4 is 5.73 Å². The highest BCUT2D eigenvalue weighted by Crippen LogP contribution is 2.66. The molecule has 2 N–H and O–H groups in total. The van der Waals surface area contributed by atoms with Gasteiger partial charge in [-0.2, -0.15) is 4.31 Å². The highest BCUT2D eigenvalue weighted by Gasteiger charge is 2.61. The Morgan fingerprint density at radius 2 is 1.75 bits per heavy atom. The minimum atomic E-state index is -4.21. The summed E-state index contributed by atoms with van der Waals surface area (Å²) < 4.78 is 42.1. The number of carbonyl (C=O) groups excluding carboxylic acids is 2. The molecule has 5 rings (SSSR count). The first-order valence-electron chi connectivity index (χ1n) is 11.5. The molecule has 0 aliphatic heterocycles. The van der Waals surface area contributed by atoms with Crippen LogP contribution in [0.1, 0.15) is 65.7 Å². The second-order valence-electron chi connectivity index (χ2n) is 10.9. The van der Waals surface area contributed by atoms with Gasteiger partial charge in [0.05, 0.1) is 11.0 Å². The van der Waals surface area contributed by atoms with Crippen LogP contribution in [0.4, 0.5) is 4.39 Å². The lowest BCUT2D eigenvalue weighted by Crippen LogP contribution is -2.59. The summed E-state index contributed by atoms with van der Waals surface area (Å²) in [7, 11) is -4.21. The highest BCUT2D eigenvalue weighted by molar-refractivity contribution is 7.89. The van der Waals surface area contributed by atoms with Crippen LogP contribution in [0.3, 0.4) is 0 Å². The number of Topliss-reactive ketones (excluding diaryl/α,β-unsaturated/α-hetero) is 1. The molecule has 8 heteroatoms. The zero-order chi connectivity index (χ0) is 23.5. The predicted molar refractivity (Wildman–Crippen MR) is 118 cm³/mol. The summed E-state index contributed by atoms with van der Waals surface area (Å²) >= 11 is 0. The molecule has 0 saturated heterocycles. The maximum Gasteiger partial charge on any atom is 0.246 e. The lowest BCUT2D eigenvalue weighted by molar-refractivity contribution is -0.159. The number of carbonyl (C=O) groups is 2. The van der Waals surface area contributed by atoms with Crippen LogP contribution in [0, 0.1) is 28.5 Å². The van der Waals surface area contributed by atoms with Gasteiger partial charge in [-0.25, -0.2) is 12.8 Å². The SMILES string of the molecule is CCN(C(C)(C)C(=O)CC12CC3CC(C1)CC(C(N)=O)(C3)C2)S(=O)(=O)c1ccccc1F. The van der Waals surface area contributed by atoms with Crippen LogP contribution in [0.25, 0.3) is 0 Å². The molecule has 1 aromatic rings. The van der Waals surface area contributed by atoms with Crippen molar-refractivity contribution in [1.29, 1.82) is 0 Å². The monoisotopic (exact) mass is 464 g/mol. The first kappa shape index (κ1) is 23.4. The summed E-state index contributed by atoms with van der Waals surface area (Å²) in [5.41, 5.74) is 3.64. The van der Waals surface area contributed by atoms with Crippen LogP contribution >= 0.6 is 0 Å². The number of sulfonamides is 1. The molecule has 2 unspecified atom stereocenters. The van der Waals surface area contributed by atoms with E-state index in [1.54, 1.807) is 20.8 Å². The van der Waals surface area contributed by atoms with Crippen molar-refractivity contribution in [3.05, 3.63) is 30.1 Å². The van der Waals surface area contributed by atoms with Gasteiger partial charge < -0.3 is 5.73 Å². The molecule has 0 radical (unpaired) electrons. The molecule has 32 heavy (non-hydrogen) atoms. The number of nitrogens with zero attached hydrogens (tertiary/aromatic N) is 1. The van der Waals surface area contributed by atoms with Crippen molar-refractivity contribution in [3.8, 4) is 0 Å². The summed E-state index contributed by atoms with van der Waals surface area (Å²) in [6.45, 7) is 4.89. The number of nitrogens with two attached hydrogens (primary N) is 1. The average molecular weight is 465 g/mol. The number of hydrogen-bond acceptors (Lipinski definition) is 4. The van der Waals surface area contributed by atoms with E-state index in [2.05, 4.69) is 0 Å². The number of rotatable bonds is 8. The first-order chi connectivity index (χ1) is 14.9. The molecule has 176 valence electrons. The largest absolute Gasteiger partial charge is 0.369 e. The third-order valence-corrected chi connectivity index (χ3v) is 10.4. The Kier molecular flexibility index (Phi) is 5.56. The zero-order valence-corrected chi connectivity index (χ0v) is 19.9. The van der Waals surface area contributed by atoms with Crippen LogP contribution in [-0.2, 0) is 19.6 Å². The lowest BCUT2D eigenvalue weighted by atomic mass is 9.43. The standard InChI is InChI=1S/C24H33FN2O4S/c1-4-27(32(30,31)19-8-6-5-7-18(19)25)22(2,3)20(28)14-23-10-16-9-17(11-23)13-24(12-16,15-23)21(26)29/h5-8,16-17H,4,9-15H2,1-3H3,(H2,26,29). The molecule has 1 amide bonds. The molecule has 6 nitrogen and oxygen atoms in total. The molecule has 0 aromatic heterocycles. The number of ketones is 1. The summed E-state index contributed by atoms with van der Waals surface area (Å²) in [4.78, 5) is 25.6. The molecule has 0 heterocycles. The number of amides is 1. The van der Waals surface area contributed by atoms with Gasteiger partial charge in [-0.1, -0.05) is 19.1 Å². The van der Waals surface area contributed by atoms with Gasteiger partial charge in [0.2, 0.25) is 15.9 Å². The van der Waals surface area contributed by atoms with Gasteiger partial charge in [-0.15, -0.1) is 0 Å². The van der Waals surface area contributed by atoms with Crippen LogP contribution in [0.2, 0.25) is 0 Å². The van der Waals surface area contributed by atoms with Crippen molar-refractivity contribution >= 4 is 21.7 Å². The van der Waals surface area contributed by atoms with E-state index >= 15 is 0 Å². The molecule has 4 fully saturated rings. The van der Waals surface area contributed by atoms with Gasteiger partial charge in [0.1, 0.15) is 10.7 Å². The fourth-order valence-corrected chi connectivity index (χ4v) is 9.13. The van der Waals surface area contributed by atoms with Crippen molar-refractivity contribution < 1.29 is 22.4 Å². The number of halogens is 1. The number of benzene rings is 1. The molecule has 4 aliphatic carbocycles. The second kappa shape index (κ2) is 7.62. The molecule has 4 aliphatic rings. The van der Waals surface area contributed by atoms with Crippen LogP contribution in [0.5, 0.6) is 0 Å². The minimum absolute atomic E-state index is 0.0406. The van der Waals surface area contributed by atoms with Crippen molar-refractivity contribution in [2.45, 2.75) is 76.2 Å². The first-order valence-corrected chi connectivity index (χ1v) is 12.9. The predicted octanol–water partition coefficient (Wildman–Crippen LogP) is 3.65. The van der Waals surface area contributed by atoms with Gasteiger partial charge in [0.15, 0.2) is 5.78 Å². The van der Waals surface area contributed by atoms with E-state index in [-0.39, 0.29) is 30.1 Å². The van der Waals surface area contributed by atoms with E-state index in [1.165, 1.54) is 18.2 Å². The molecule has 1 aromatic carbocycles. The van der Waals surface area contributed by atoms with Crippen LogP contribution in [0.15, 0.2) is 29.2 Å². The summed E-state index contributed by atoms with van der Waals surface area (Å²) in [5, 5.41) is 0. The number of primary amides is 1. The fourth-order valence-electron chi connectivity index (χ4n) is 7.28. The second-order valence-corrected chi connectivity index (χ2v) is 12.7. The maximum absolute atomic E-state index is 14.3. The van der Waals surface area contributed by atoms with E-state index in [9.17, 15) is 22.4 Å². The third-order valence-electron chi connectivity index (χ3n) is 8.24. The Morgan fingerprint density at radius 1 is 1.16 bits per heavy atom. The number of likely N-dealkylation sites (N-methyl/N-ethyl adjacent to an activating group) is 1. The quantitative estimate of drug-likeness (QED) is 0.635. The topological polar surface area (TPSA) is 97.5 Å². The molecular formula is C24H33FN2O4S. The summed E-state index contributed by atoms with van der Waals surface area (Å²) in [6.07, 6.45) is 5.28. The van der Waals surface area contributed by atoms with Crippen molar-refractivity contribution in [3.63, 3.8) is 0 Å². The zero-order valence-electron chi connectivity index (χ0n) is 19.1. The Hall–Kier alpha value is -1.80. The molecule has 2 atom stereocenters. The molecule has 0 spiro atoms. The summed E-state index contributed by atoms with van der Waals surface area (Å²) in [6, 6.07) is 5.23. The average Bonchev–Trinajstić information content (AvgIpc) is 2.66. The van der Waals surface area contributed by atoms with Gasteiger partial charge >= 0.3 is 0 Å². The molecular weight excluding hydrogens is 431 g/mol. The van der Waals surface area contributed by atoms with Gasteiger partial charge in [-0.05, 0) is 81.8 Å².